The molecule has 0 heterocycles. The summed E-state index contributed by atoms with van der Waals surface area (Å²) in [4.78, 5) is 24.3. The first kappa shape index (κ1) is 21.4. The summed E-state index contributed by atoms with van der Waals surface area (Å²) in [6.45, 7) is 0. The van der Waals surface area contributed by atoms with Crippen molar-refractivity contribution in [3.05, 3.63) is 65.2 Å². The van der Waals surface area contributed by atoms with Crippen molar-refractivity contribution in [1.29, 1.82) is 0 Å². The minimum Gasteiger partial charge on any atom is -0.359 e. The number of alkyl halides is 3. The lowest BCUT2D eigenvalue weighted by atomic mass is 10.0. The first-order valence-corrected chi connectivity index (χ1v) is 8.67. The molecule has 8 heteroatoms. The zero-order valence-electron chi connectivity index (χ0n) is 15.6. The molecule has 2 aromatic rings. The van der Waals surface area contributed by atoms with Gasteiger partial charge < -0.3 is 16.0 Å². The number of halogens is 3. The fourth-order valence-electron chi connectivity index (χ4n) is 2.67. The van der Waals surface area contributed by atoms with Crippen molar-refractivity contribution in [3.8, 4) is 0 Å². The lowest BCUT2D eigenvalue weighted by Gasteiger charge is -2.18. The molecule has 0 aliphatic rings. The molecule has 0 saturated carbocycles. The normalized spacial score (nSPS) is 12.3. The van der Waals surface area contributed by atoms with Crippen LogP contribution in [0.15, 0.2) is 48.5 Å². The predicted molar refractivity (Wildman–Crippen MR) is 101 cm³/mol. The predicted octanol–water partition coefficient (Wildman–Crippen LogP) is 2.76. The molecule has 0 aliphatic carbocycles. The fraction of sp³-hybridized carbons (Fsp3) is 0.300. The van der Waals surface area contributed by atoms with E-state index in [-0.39, 0.29) is 24.7 Å². The summed E-state index contributed by atoms with van der Waals surface area (Å²) in [5.74, 6) is -0.525. The van der Waals surface area contributed by atoms with Gasteiger partial charge in [0.15, 0.2) is 0 Å². The maximum Gasteiger partial charge on any atom is 0.416 e. The smallest absolute Gasteiger partial charge is 0.359 e. The Bertz CT molecular complexity index is 820. The van der Waals surface area contributed by atoms with Crippen molar-refractivity contribution >= 4 is 17.5 Å². The van der Waals surface area contributed by atoms with Gasteiger partial charge in [-0.15, -0.1) is 0 Å². The lowest BCUT2D eigenvalue weighted by molar-refractivity contribution is -0.137. The summed E-state index contributed by atoms with van der Waals surface area (Å²) in [6.07, 6.45) is -4.05. The number of anilines is 1. The Kier molecular flexibility index (Phi) is 7.17. The van der Waals surface area contributed by atoms with Gasteiger partial charge in [0.25, 0.3) is 0 Å². The molecule has 1 unspecified atom stereocenters. The third-order valence-corrected chi connectivity index (χ3v) is 4.29. The molecule has 2 aromatic carbocycles. The highest BCUT2D eigenvalue weighted by Crippen LogP contribution is 2.29. The van der Waals surface area contributed by atoms with Crippen LogP contribution in [-0.2, 0) is 28.6 Å². The first-order chi connectivity index (χ1) is 13.2. The van der Waals surface area contributed by atoms with E-state index >= 15 is 0 Å². The van der Waals surface area contributed by atoms with E-state index in [1.165, 1.54) is 19.2 Å². The summed E-state index contributed by atoms with van der Waals surface area (Å²) < 4.78 is 38.0. The second-order valence-electron chi connectivity index (χ2n) is 6.24. The number of benzene rings is 2. The van der Waals surface area contributed by atoms with E-state index < -0.39 is 17.8 Å². The summed E-state index contributed by atoms with van der Waals surface area (Å²) in [5.41, 5.74) is 1.05. The minimum atomic E-state index is -4.40. The van der Waals surface area contributed by atoms with Crippen molar-refractivity contribution in [3.63, 3.8) is 0 Å². The summed E-state index contributed by atoms with van der Waals surface area (Å²) in [7, 11) is 3.13. The monoisotopic (exact) mass is 393 g/mol. The van der Waals surface area contributed by atoms with Crippen LogP contribution in [0.25, 0.3) is 0 Å². The Morgan fingerprint density at radius 1 is 1.00 bits per heavy atom. The SMILES string of the molecule is CNC(=O)Cc1ccccc1NC(=O)C(Cc1ccc(C(F)(F)F)cc1)NC. The van der Waals surface area contributed by atoms with Crippen molar-refractivity contribution in [2.75, 3.05) is 19.4 Å². The van der Waals surface area contributed by atoms with Gasteiger partial charge in [-0.2, -0.15) is 13.2 Å². The molecule has 150 valence electrons. The van der Waals surface area contributed by atoms with E-state index in [0.717, 1.165) is 12.1 Å². The second-order valence-corrected chi connectivity index (χ2v) is 6.24. The van der Waals surface area contributed by atoms with Crippen molar-refractivity contribution < 1.29 is 22.8 Å². The molecule has 0 aromatic heterocycles. The van der Waals surface area contributed by atoms with Gasteiger partial charge in [0, 0.05) is 12.7 Å². The van der Waals surface area contributed by atoms with Crippen LogP contribution in [0, 0.1) is 0 Å². The molecule has 2 rings (SSSR count). The van der Waals surface area contributed by atoms with E-state index in [4.69, 9.17) is 0 Å². The molecular weight excluding hydrogens is 371 g/mol. The number of carbonyl (C=O) groups excluding carboxylic acids is 2. The van der Waals surface area contributed by atoms with Gasteiger partial charge in [0.2, 0.25) is 11.8 Å². The number of para-hydroxylation sites is 1. The van der Waals surface area contributed by atoms with Gasteiger partial charge in [0.1, 0.15) is 0 Å². The number of amides is 2. The highest BCUT2D eigenvalue weighted by Gasteiger charge is 2.30. The third kappa shape index (κ3) is 5.82. The average Bonchev–Trinajstić information content (AvgIpc) is 2.67. The van der Waals surface area contributed by atoms with Crippen molar-refractivity contribution in [1.82, 2.24) is 10.6 Å². The molecule has 0 fully saturated rings. The molecule has 3 N–H and O–H groups in total. The van der Waals surface area contributed by atoms with Gasteiger partial charge in [-0.05, 0) is 42.8 Å². The summed E-state index contributed by atoms with van der Waals surface area (Å²) >= 11 is 0. The van der Waals surface area contributed by atoms with E-state index in [2.05, 4.69) is 16.0 Å². The number of hydrogen-bond donors (Lipinski definition) is 3. The molecule has 0 aliphatic heterocycles. The molecule has 28 heavy (non-hydrogen) atoms. The number of carbonyl (C=O) groups is 2. The zero-order valence-corrected chi connectivity index (χ0v) is 15.6. The first-order valence-electron chi connectivity index (χ1n) is 8.67. The largest absolute Gasteiger partial charge is 0.416 e. The van der Waals surface area contributed by atoms with Crippen LogP contribution in [-0.4, -0.2) is 32.0 Å². The highest BCUT2D eigenvalue weighted by atomic mass is 19.4. The Morgan fingerprint density at radius 2 is 1.64 bits per heavy atom. The van der Waals surface area contributed by atoms with Crippen LogP contribution in [0.2, 0.25) is 0 Å². The average molecular weight is 393 g/mol. The van der Waals surface area contributed by atoms with E-state index in [1.807, 2.05) is 0 Å². The summed E-state index contributed by atoms with van der Waals surface area (Å²) in [6, 6.07) is 11.0. The molecule has 1 atom stereocenters. The minimum absolute atomic E-state index is 0.121. The zero-order chi connectivity index (χ0) is 20.7. The van der Waals surface area contributed by atoms with Crippen molar-refractivity contribution in [2.24, 2.45) is 0 Å². The lowest BCUT2D eigenvalue weighted by Crippen LogP contribution is -2.40. The maximum atomic E-state index is 12.7. The number of nitrogens with one attached hydrogen (secondary N) is 3. The van der Waals surface area contributed by atoms with E-state index in [1.54, 1.807) is 31.3 Å². The van der Waals surface area contributed by atoms with Gasteiger partial charge in [0.05, 0.1) is 18.0 Å². The summed E-state index contributed by atoms with van der Waals surface area (Å²) in [5, 5.41) is 8.19. The number of rotatable bonds is 7. The van der Waals surface area contributed by atoms with Crippen LogP contribution in [0.4, 0.5) is 18.9 Å². The maximum absolute atomic E-state index is 12.7. The Balaban J connectivity index is 2.09. The Morgan fingerprint density at radius 3 is 2.21 bits per heavy atom. The van der Waals surface area contributed by atoms with Crippen molar-refractivity contribution in [2.45, 2.75) is 25.1 Å². The molecular formula is C20H22F3N3O2. The molecule has 5 nitrogen and oxygen atoms in total. The molecule has 0 saturated heterocycles. The second kappa shape index (κ2) is 9.36. The third-order valence-electron chi connectivity index (χ3n) is 4.29. The standard InChI is InChI=1S/C20H22F3N3O2/c1-24-17(11-13-7-9-15(10-8-13)20(21,22)23)19(28)26-16-6-4-3-5-14(16)12-18(27)25-2/h3-10,17,24H,11-12H2,1-2H3,(H,25,27)(H,26,28). The van der Waals surface area contributed by atoms with Gasteiger partial charge in [-0.25, -0.2) is 0 Å². The molecule has 0 spiro atoms. The topological polar surface area (TPSA) is 70.2 Å². The van der Waals surface area contributed by atoms with Crippen LogP contribution in [0.3, 0.4) is 0 Å². The number of hydrogen-bond acceptors (Lipinski definition) is 3. The quantitative estimate of drug-likeness (QED) is 0.678. The highest BCUT2D eigenvalue weighted by molar-refractivity contribution is 5.96. The molecule has 0 bridgehead atoms. The Hall–Kier alpha value is -2.87. The van der Waals surface area contributed by atoms with E-state index in [9.17, 15) is 22.8 Å². The Labute approximate surface area is 161 Å². The van der Waals surface area contributed by atoms with Crippen LogP contribution >= 0.6 is 0 Å². The van der Waals surface area contributed by atoms with Crippen LogP contribution < -0.4 is 16.0 Å². The van der Waals surface area contributed by atoms with Gasteiger partial charge in [-0.3, -0.25) is 9.59 Å². The van der Waals surface area contributed by atoms with Crippen LogP contribution in [0.1, 0.15) is 16.7 Å². The molecule has 0 radical (unpaired) electrons. The van der Waals surface area contributed by atoms with Gasteiger partial charge >= 0.3 is 6.18 Å². The fourth-order valence-corrected chi connectivity index (χ4v) is 2.67. The number of likely N-dealkylation sites (N-methyl/N-ethyl adjacent to an activating group) is 2. The molecule has 2 amide bonds. The van der Waals surface area contributed by atoms with Gasteiger partial charge in [-0.1, -0.05) is 30.3 Å². The van der Waals surface area contributed by atoms with Crippen LogP contribution in [0.5, 0.6) is 0 Å². The van der Waals surface area contributed by atoms with E-state index in [0.29, 0.717) is 16.8 Å².